The third-order valence-electron chi connectivity index (χ3n) is 2.23. The van der Waals surface area contributed by atoms with Crippen LogP contribution in [0.2, 0.25) is 0 Å². The summed E-state index contributed by atoms with van der Waals surface area (Å²) in [6.45, 7) is 2.31. The highest BCUT2D eigenvalue weighted by Gasteiger charge is 2.09. The first-order valence-corrected chi connectivity index (χ1v) is 6.97. The Balaban J connectivity index is 2.27. The maximum atomic E-state index is 11.7. The van der Waals surface area contributed by atoms with Gasteiger partial charge in [-0.3, -0.25) is 4.79 Å². The molecule has 0 fully saturated rings. The smallest absolute Gasteiger partial charge is 0.236 e. The van der Waals surface area contributed by atoms with Crippen LogP contribution in [0.4, 0.5) is 0 Å². The summed E-state index contributed by atoms with van der Waals surface area (Å²) in [4.78, 5) is 13.4. The van der Waals surface area contributed by atoms with Gasteiger partial charge in [0.1, 0.15) is 0 Å². The molecule has 0 radical (unpaired) electrons. The number of methoxy groups -OCH3 is 1. The van der Waals surface area contributed by atoms with Gasteiger partial charge in [-0.2, -0.15) is 0 Å². The second kappa shape index (κ2) is 7.81. The minimum absolute atomic E-state index is 0.0865. The molecule has 0 aromatic carbocycles. The number of rotatable bonds is 7. The molecule has 1 N–H and O–H groups in total. The van der Waals surface area contributed by atoms with Crippen molar-refractivity contribution in [2.24, 2.45) is 0 Å². The molecule has 0 aliphatic heterocycles. The first-order valence-electron chi connectivity index (χ1n) is 5.30. The molecule has 4 nitrogen and oxygen atoms in total. The number of carbonyl (C=O) groups excluding carboxylic acids is 1. The van der Waals surface area contributed by atoms with Gasteiger partial charge in [0, 0.05) is 27.2 Å². The van der Waals surface area contributed by atoms with E-state index < -0.39 is 0 Å². The molecule has 0 saturated heterocycles. The molecule has 96 valence electrons. The van der Waals surface area contributed by atoms with Crippen molar-refractivity contribution in [3.8, 4) is 0 Å². The number of hydrogen-bond acceptors (Lipinski definition) is 4. The van der Waals surface area contributed by atoms with Crippen LogP contribution in [0.25, 0.3) is 0 Å². The Morgan fingerprint density at radius 2 is 2.41 bits per heavy atom. The summed E-state index contributed by atoms with van der Waals surface area (Å²) < 4.78 is 5.98. The highest BCUT2D eigenvalue weighted by molar-refractivity contribution is 9.11. The fourth-order valence-electron chi connectivity index (χ4n) is 1.30. The zero-order chi connectivity index (χ0) is 12.7. The van der Waals surface area contributed by atoms with Gasteiger partial charge >= 0.3 is 0 Å². The van der Waals surface area contributed by atoms with Gasteiger partial charge in [0.15, 0.2) is 0 Å². The molecule has 1 aromatic rings. The van der Waals surface area contributed by atoms with E-state index in [9.17, 15) is 4.79 Å². The molecular formula is C11H17BrN2O2S. The highest BCUT2D eigenvalue weighted by atomic mass is 79.9. The van der Waals surface area contributed by atoms with E-state index in [1.807, 2.05) is 18.5 Å². The van der Waals surface area contributed by atoms with E-state index in [-0.39, 0.29) is 5.91 Å². The number of halogens is 1. The largest absolute Gasteiger partial charge is 0.383 e. The molecule has 0 aliphatic carbocycles. The zero-order valence-electron chi connectivity index (χ0n) is 10.0. The van der Waals surface area contributed by atoms with Crippen LogP contribution in [0.15, 0.2) is 15.2 Å². The molecule has 0 aliphatic rings. The van der Waals surface area contributed by atoms with E-state index in [0.29, 0.717) is 26.2 Å². The van der Waals surface area contributed by atoms with Crippen molar-refractivity contribution in [1.29, 1.82) is 0 Å². The van der Waals surface area contributed by atoms with Gasteiger partial charge in [-0.05, 0) is 32.9 Å². The summed E-state index contributed by atoms with van der Waals surface area (Å²) in [6.07, 6.45) is 0. The lowest BCUT2D eigenvalue weighted by Gasteiger charge is -2.16. The standard InChI is InChI=1S/C11H17BrN2O2S/c1-14(7-9-5-10(12)17-8-9)11(15)6-13-3-4-16-2/h5,8,13H,3-4,6-7H2,1-2H3. The Morgan fingerprint density at radius 3 is 3.00 bits per heavy atom. The average molecular weight is 321 g/mol. The summed E-state index contributed by atoms with van der Waals surface area (Å²) in [5, 5.41) is 5.08. The van der Waals surface area contributed by atoms with Crippen molar-refractivity contribution >= 4 is 33.2 Å². The third kappa shape index (κ3) is 5.63. The van der Waals surface area contributed by atoms with Crippen molar-refractivity contribution in [3.05, 3.63) is 20.8 Å². The minimum atomic E-state index is 0.0865. The van der Waals surface area contributed by atoms with Crippen molar-refractivity contribution < 1.29 is 9.53 Å². The van der Waals surface area contributed by atoms with E-state index in [1.54, 1.807) is 23.3 Å². The van der Waals surface area contributed by atoms with Crippen molar-refractivity contribution in [3.63, 3.8) is 0 Å². The van der Waals surface area contributed by atoms with Gasteiger partial charge < -0.3 is 15.0 Å². The number of carbonyl (C=O) groups is 1. The molecule has 6 heteroatoms. The predicted octanol–water partition coefficient (Wildman–Crippen LogP) is 1.71. The lowest BCUT2D eigenvalue weighted by molar-refractivity contribution is -0.129. The van der Waals surface area contributed by atoms with Crippen LogP contribution >= 0.6 is 27.3 Å². The summed E-state index contributed by atoms with van der Waals surface area (Å²) in [6, 6.07) is 2.03. The third-order valence-corrected chi connectivity index (χ3v) is 3.78. The van der Waals surface area contributed by atoms with Crippen LogP contribution < -0.4 is 5.32 Å². The fourth-order valence-corrected chi connectivity index (χ4v) is 2.50. The Labute approximate surface area is 114 Å². The normalized spacial score (nSPS) is 10.5. The lowest BCUT2D eigenvalue weighted by Crippen LogP contribution is -2.36. The second-order valence-electron chi connectivity index (χ2n) is 3.68. The summed E-state index contributed by atoms with van der Waals surface area (Å²) in [5.41, 5.74) is 1.15. The van der Waals surface area contributed by atoms with Crippen molar-refractivity contribution in [2.45, 2.75) is 6.54 Å². The molecule has 1 heterocycles. The molecule has 17 heavy (non-hydrogen) atoms. The van der Waals surface area contributed by atoms with Gasteiger partial charge in [-0.15, -0.1) is 11.3 Å². The summed E-state index contributed by atoms with van der Waals surface area (Å²) in [5.74, 6) is 0.0865. The number of nitrogens with zero attached hydrogens (tertiary/aromatic N) is 1. The number of likely N-dealkylation sites (N-methyl/N-ethyl adjacent to an activating group) is 1. The molecular weight excluding hydrogens is 304 g/mol. The molecule has 1 amide bonds. The van der Waals surface area contributed by atoms with Gasteiger partial charge in [0.05, 0.1) is 16.9 Å². The Morgan fingerprint density at radius 1 is 1.65 bits per heavy atom. The monoisotopic (exact) mass is 320 g/mol. The van der Waals surface area contributed by atoms with Crippen LogP contribution in [-0.4, -0.2) is 44.7 Å². The minimum Gasteiger partial charge on any atom is -0.383 e. The maximum Gasteiger partial charge on any atom is 0.236 e. The maximum absolute atomic E-state index is 11.7. The molecule has 0 saturated carbocycles. The van der Waals surface area contributed by atoms with Gasteiger partial charge in [-0.25, -0.2) is 0 Å². The molecule has 0 bridgehead atoms. The molecule has 1 aromatic heterocycles. The fraction of sp³-hybridized carbons (Fsp3) is 0.545. The van der Waals surface area contributed by atoms with Gasteiger partial charge in [-0.1, -0.05) is 0 Å². The number of amides is 1. The average Bonchev–Trinajstić information content (AvgIpc) is 2.70. The zero-order valence-corrected chi connectivity index (χ0v) is 12.4. The quantitative estimate of drug-likeness (QED) is 0.778. The Hall–Kier alpha value is -0.430. The second-order valence-corrected chi connectivity index (χ2v) is 5.97. The number of nitrogens with one attached hydrogen (secondary N) is 1. The molecule has 0 unspecified atom stereocenters. The number of ether oxygens (including phenoxy) is 1. The summed E-state index contributed by atoms with van der Waals surface area (Å²) >= 11 is 5.04. The SMILES string of the molecule is COCCNCC(=O)N(C)Cc1csc(Br)c1. The lowest BCUT2D eigenvalue weighted by atomic mass is 10.3. The van der Waals surface area contributed by atoms with Crippen LogP contribution in [-0.2, 0) is 16.1 Å². The predicted molar refractivity (Wildman–Crippen MR) is 73.2 cm³/mol. The van der Waals surface area contributed by atoms with E-state index in [0.717, 1.165) is 9.35 Å². The van der Waals surface area contributed by atoms with Crippen LogP contribution in [0.5, 0.6) is 0 Å². The Kier molecular flexibility index (Phi) is 6.72. The Bertz CT molecular complexity index is 357. The first kappa shape index (κ1) is 14.6. The van der Waals surface area contributed by atoms with Crippen LogP contribution in [0, 0.1) is 0 Å². The van der Waals surface area contributed by atoms with E-state index in [4.69, 9.17) is 4.74 Å². The van der Waals surface area contributed by atoms with Gasteiger partial charge in [0.25, 0.3) is 0 Å². The van der Waals surface area contributed by atoms with Crippen molar-refractivity contribution in [1.82, 2.24) is 10.2 Å². The van der Waals surface area contributed by atoms with E-state index in [2.05, 4.69) is 21.2 Å². The first-order chi connectivity index (χ1) is 8.13. The van der Waals surface area contributed by atoms with E-state index in [1.165, 1.54) is 0 Å². The molecule has 0 atom stereocenters. The van der Waals surface area contributed by atoms with Crippen LogP contribution in [0.1, 0.15) is 5.56 Å². The number of thiophene rings is 1. The highest BCUT2D eigenvalue weighted by Crippen LogP contribution is 2.21. The summed E-state index contributed by atoms with van der Waals surface area (Å²) in [7, 11) is 3.45. The van der Waals surface area contributed by atoms with E-state index >= 15 is 0 Å². The van der Waals surface area contributed by atoms with Crippen molar-refractivity contribution in [2.75, 3.05) is 33.9 Å². The van der Waals surface area contributed by atoms with Gasteiger partial charge in [0.2, 0.25) is 5.91 Å². The number of hydrogen-bond donors (Lipinski definition) is 1. The molecule has 0 spiro atoms. The topological polar surface area (TPSA) is 41.6 Å². The molecule has 1 rings (SSSR count). The van der Waals surface area contributed by atoms with Crippen LogP contribution in [0.3, 0.4) is 0 Å².